The molecule has 3 heteroatoms. The minimum absolute atomic E-state index is 0.0750. The third-order valence-corrected chi connectivity index (χ3v) is 1.97. The molecule has 0 aromatic carbocycles. The lowest BCUT2D eigenvalue weighted by Gasteiger charge is -2.06. The van der Waals surface area contributed by atoms with Gasteiger partial charge in [0, 0.05) is 12.3 Å². The number of Topliss-reactive ketones (excluding diaryl/α,β-unsaturated/α-hetero) is 1. The second kappa shape index (κ2) is 4.46. The molecule has 1 rings (SSSR count). The fourth-order valence-corrected chi connectivity index (χ4v) is 1.15. The molecule has 0 saturated carbocycles. The van der Waals surface area contributed by atoms with E-state index in [4.69, 9.17) is 9.68 Å². The molecule has 1 heterocycles. The lowest BCUT2D eigenvalue weighted by molar-refractivity contribution is 0.0890. The number of nitriles is 1. The molecule has 13 heavy (non-hydrogen) atoms. The summed E-state index contributed by atoms with van der Waals surface area (Å²) in [6.45, 7) is 1.89. The van der Waals surface area contributed by atoms with Crippen LogP contribution in [0.25, 0.3) is 0 Å². The number of rotatable bonds is 4. The fraction of sp³-hybridized carbons (Fsp3) is 0.400. The van der Waals surface area contributed by atoms with Gasteiger partial charge in [0.1, 0.15) is 0 Å². The highest BCUT2D eigenvalue weighted by Crippen LogP contribution is 2.15. The first-order valence-corrected chi connectivity index (χ1v) is 4.24. The number of nitrogens with zero attached hydrogens (tertiary/aromatic N) is 1. The minimum atomic E-state index is -0.226. The van der Waals surface area contributed by atoms with Crippen molar-refractivity contribution in [2.24, 2.45) is 5.92 Å². The van der Waals surface area contributed by atoms with Gasteiger partial charge in [0.15, 0.2) is 5.76 Å². The van der Waals surface area contributed by atoms with Crippen LogP contribution < -0.4 is 0 Å². The Morgan fingerprint density at radius 1 is 1.77 bits per heavy atom. The van der Waals surface area contributed by atoms with Crippen molar-refractivity contribution in [1.29, 1.82) is 5.26 Å². The van der Waals surface area contributed by atoms with Crippen molar-refractivity contribution in [1.82, 2.24) is 0 Å². The van der Waals surface area contributed by atoms with Gasteiger partial charge in [-0.15, -0.1) is 0 Å². The Hall–Kier alpha value is -1.56. The number of hydrogen-bond acceptors (Lipinski definition) is 3. The SMILES string of the molecule is CCC(CC#N)C(=O)c1ccco1. The molecule has 1 unspecified atom stereocenters. The Balaban J connectivity index is 2.72. The Labute approximate surface area is 77.0 Å². The van der Waals surface area contributed by atoms with Crippen LogP contribution in [0.4, 0.5) is 0 Å². The maximum Gasteiger partial charge on any atom is 0.202 e. The van der Waals surface area contributed by atoms with Gasteiger partial charge in [-0.3, -0.25) is 4.79 Å². The van der Waals surface area contributed by atoms with E-state index in [1.807, 2.05) is 13.0 Å². The minimum Gasteiger partial charge on any atom is -0.461 e. The maximum atomic E-state index is 11.6. The van der Waals surface area contributed by atoms with Gasteiger partial charge in [0.05, 0.1) is 12.3 Å². The number of hydrogen-bond donors (Lipinski definition) is 0. The largest absolute Gasteiger partial charge is 0.461 e. The van der Waals surface area contributed by atoms with Crippen molar-refractivity contribution >= 4 is 5.78 Å². The highest BCUT2D eigenvalue weighted by molar-refractivity contribution is 5.95. The van der Waals surface area contributed by atoms with E-state index < -0.39 is 0 Å². The molecule has 0 aliphatic rings. The van der Waals surface area contributed by atoms with Crippen LogP contribution in [-0.4, -0.2) is 5.78 Å². The summed E-state index contributed by atoms with van der Waals surface area (Å²) in [4.78, 5) is 11.6. The number of ketones is 1. The molecule has 0 radical (unpaired) electrons. The zero-order chi connectivity index (χ0) is 9.68. The average Bonchev–Trinajstić information content (AvgIpc) is 2.65. The van der Waals surface area contributed by atoms with Crippen molar-refractivity contribution in [2.45, 2.75) is 19.8 Å². The molecule has 0 bridgehead atoms. The quantitative estimate of drug-likeness (QED) is 0.663. The van der Waals surface area contributed by atoms with Gasteiger partial charge < -0.3 is 4.42 Å². The molecule has 68 valence electrons. The van der Waals surface area contributed by atoms with Crippen LogP contribution >= 0.6 is 0 Å². The Kier molecular flexibility index (Phi) is 3.27. The van der Waals surface area contributed by atoms with Crippen molar-refractivity contribution in [3.63, 3.8) is 0 Å². The van der Waals surface area contributed by atoms with Gasteiger partial charge in [0.25, 0.3) is 0 Å². The van der Waals surface area contributed by atoms with Gasteiger partial charge in [-0.1, -0.05) is 6.92 Å². The van der Waals surface area contributed by atoms with E-state index in [2.05, 4.69) is 0 Å². The third kappa shape index (κ3) is 2.19. The smallest absolute Gasteiger partial charge is 0.202 e. The van der Waals surface area contributed by atoms with Crippen molar-refractivity contribution < 1.29 is 9.21 Å². The Morgan fingerprint density at radius 3 is 3.00 bits per heavy atom. The molecule has 1 aromatic heterocycles. The van der Waals surface area contributed by atoms with E-state index in [1.54, 1.807) is 12.1 Å². The van der Waals surface area contributed by atoms with Gasteiger partial charge in [0.2, 0.25) is 5.78 Å². The van der Waals surface area contributed by atoms with Gasteiger partial charge >= 0.3 is 0 Å². The molecule has 0 N–H and O–H groups in total. The lowest BCUT2D eigenvalue weighted by atomic mass is 9.96. The van der Waals surface area contributed by atoms with E-state index in [9.17, 15) is 4.79 Å². The zero-order valence-electron chi connectivity index (χ0n) is 7.49. The van der Waals surface area contributed by atoms with Gasteiger partial charge in [-0.05, 0) is 18.6 Å². The molecule has 0 fully saturated rings. The number of furan rings is 1. The van der Waals surface area contributed by atoms with E-state index in [0.29, 0.717) is 12.2 Å². The predicted octanol–water partition coefficient (Wildman–Crippen LogP) is 2.40. The highest BCUT2D eigenvalue weighted by Gasteiger charge is 2.19. The van der Waals surface area contributed by atoms with Crippen LogP contribution in [0.5, 0.6) is 0 Å². The van der Waals surface area contributed by atoms with Crippen LogP contribution in [0.3, 0.4) is 0 Å². The second-order valence-corrected chi connectivity index (χ2v) is 2.81. The van der Waals surface area contributed by atoms with Crippen LogP contribution in [0.1, 0.15) is 30.3 Å². The van der Waals surface area contributed by atoms with Crippen molar-refractivity contribution in [2.75, 3.05) is 0 Å². The van der Waals surface area contributed by atoms with Gasteiger partial charge in [-0.25, -0.2) is 0 Å². The molecular weight excluding hydrogens is 166 g/mol. The van der Waals surface area contributed by atoms with E-state index in [1.165, 1.54) is 6.26 Å². The molecule has 3 nitrogen and oxygen atoms in total. The zero-order valence-corrected chi connectivity index (χ0v) is 7.49. The second-order valence-electron chi connectivity index (χ2n) is 2.81. The molecule has 1 atom stereocenters. The number of carbonyl (C=O) groups excluding carboxylic acids is 1. The van der Waals surface area contributed by atoms with Gasteiger partial charge in [-0.2, -0.15) is 5.26 Å². The molecule has 0 saturated heterocycles. The fourth-order valence-electron chi connectivity index (χ4n) is 1.15. The predicted molar refractivity (Wildman–Crippen MR) is 47.0 cm³/mol. The summed E-state index contributed by atoms with van der Waals surface area (Å²) in [6, 6.07) is 5.30. The summed E-state index contributed by atoms with van der Waals surface area (Å²) in [6.07, 6.45) is 2.40. The molecular formula is C10H11NO2. The van der Waals surface area contributed by atoms with Crippen LogP contribution in [0.2, 0.25) is 0 Å². The topological polar surface area (TPSA) is 54.0 Å². The van der Waals surface area contributed by atoms with Crippen LogP contribution in [0, 0.1) is 17.2 Å². The molecule has 0 amide bonds. The van der Waals surface area contributed by atoms with Crippen molar-refractivity contribution in [3.8, 4) is 6.07 Å². The third-order valence-electron chi connectivity index (χ3n) is 1.97. The molecule has 0 aliphatic heterocycles. The first kappa shape index (κ1) is 9.53. The summed E-state index contributed by atoms with van der Waals surface area (Å²) >= 11 is 0. The Morgan fingerprint density at radius 2 is 2.54 bits per heavy atom. The maximum absolute atomic E-state index is 11.6. The first-order chi connectivity index (χ1) is 6.29. The molecule has 0 aliphatic carbocycles. The van der Waals surface area contributed by atoms with Crippen molar-refractivity contribution in [3.05, 3.63) is 24.2 Å². The monoisotopic (exact) mass is 177 g/mol. The normalized spacial score (nSPS) is 12.0. The summed E-state index contributed by atoms with van der Waals surface area (Å²) in [5, 5.41) is 8.48. The van der Waals surface area contributed by atoms with E-state index >= 15 is 0 Å². The average molecular weight is 177 g/mol. The van der Waals surface area contributed by atoms with E-state index in [-0.39, 0.29) is 18.1 Å². The first-order valence-electron chi connectivity index (χ1n) is 4.24. The number of carbonyl (C=O) groups is 1. The standard InChI is InChI=1S/C10H11NO2/c1-2-8(5-6-11)10(12)9-4-3-7-13-9/h3-4,7-8H,2,5H2,1H3. The summed E-state index contributed by atoms with van der Waals surface area (Å²) < 4.78 is 4.97. The summed E-state index contributed by atoms with van der Waals surface area (Å²) in [7, 11) is 0. The Bertz CT molecular complexity index is 308. The molecule has 1 aromatic rings. The van der Waals surface area contributed by atoms with E-state index in [0.717, 1.165) is 0 Å². The summed E-state index contributed by atoms with van der Waals surface area (Å²) in [5.41, 5.74) is 0. The van der Waals surface area contributed by atoms with Crippen LogP contribution in [-0.2, 0) is 0 Å². The highest BCUT2D eigenvalue weighted by atomic mass is 16.3. The summed E-state index contributed by atoms with van der Waals surface area (Å²) in [5.74, 6) is 0.0484. The van der Waals surface area contributed by atoms with Crippen LogP contribution in [0.15, 0.2) is 22.8 Å². The molecule has 0 spiro atoms. The lowest BCUT2D eigenvalue weighted by Crippen LogP contribution is -2.12.